The zero-order valence-corrected chi connectivity index (χ0v) is 17.9. The van der Waals surface area contributed by atoms with Gasteiger partial charge in [0.1, 0.15) is 11.6 Å². The van der Waals surface area contributed by atoms with Gasteiger partial charge in [0.05, 0.1) is 25.3 Å². The molecule has 0 radical (unpaired) electrons. The van der Waals surface area contributed by atoms with Crippen LogP contribution in [0, 0.1) is 5.92 Å². The van der Waals surface area contributed by atoms with Gasteiger partial charge in [-0.15, -0.1) is 0 Å². The Morgan fingerprint density at radius 2 is 2.03 bits per heavy atom. The van der Waals surface area contributed by atoms with Crippen molar-refractivity contribution in [2.75, 3.05) is 23.4 Å². The molecule has 3 aromatic rings. The van der Waals surface area contributed by atoms with Crippen molar-refractivity contribution in [3.05, 3.63) is 71.4 Å². The van der Waals surface area contributed by atoms with Gasteiger partial charge in [0.15, 0.2) is 0 Å². The molecule has 1 N–H and O–H groups in total. The van der Waals surface area contributed by atoms with E-state index in [9.17, 15) is 9.59 Å². The van der Waals surface area contributed by atoms with Crippen LogP contribution in [0.5, 0.6) is 5.75 Å². The average Bonchev–Trinajstić information content (AvgIpc) is 3.35. The number of carbonyl (C=O) groups excluding carboxylic acids is 2. The average molecular weight is 439 g/mol. The van der Waals surface area contributed by atoms with Gasteiger partial charge in [-0.3, -0.25) is 9.59 Å². The predicted molar refractivity (Wildman–Crippen MR) is 119 cm³/mol. The largest absolute Gasteiger partial charge is 0.494 e. The molecular weight excluding hydrogens is 416 g/mol. The van der Waals surface area contributed by atoms with Gasteiger partial charge in [0.2, 0.25) is 11.8 Å². The molecule has 1 fully saturated rings. The number of benzene rings is 2. The molecule has 1 unspecified atom stereocenters. The Kier molecular flexibility index (Phi) is 6.23. The molecule has 31 heavy (non-hydrogen) atoms. The normalized spacial score (nSPS) is 15.9. The number of ether oxygens (including phenoxy) is 1. The van der Waals surface area contributed by atoms with Crippen LogP contribution in [0.15, 0.2) is 60.8 Å². The SMILES string of the molecule is CCOc1ccc(N2CC(C(=O)Nc3ccnn3Cc3cccc(Cl)c3)CC2=O)cc1. The maximum Gasteiger partial charge on any atom is 0.230 e. The third-order valence-corrected chi connectivity index (χ3v) is 5.38. The van der Waals surface area contributed by atoms with Crippen molar-refractivity contribution in [3.8, 4) is 5.75 Å². The summed E-state index contributed by atoms with van der Waals surface area (Å²) in [5, 5.41) is 7.85. The first-order valence-corrected chi connectivity index (χ1v) is 10.5. The van der Waals surface area contributed by atoms with E-state index in [0.29, 0.717) is 30.5 Å². The van der Waals surface area contributed by atoms with Gasteiger partial charge in [0.25, 0.3) is 0 Å². The van der Waals surface area contributed by atoms with E-state index in [2.05, 4.69) is 10.4 Å². The van der Waals surface area contributed by atoms with E-state index < -0.39 is 5.92 Å². The fourth-order valence-electron chi connectivity index (χ4n) is 3.62. The minimum Gasteiger partial charge on any atom is -0.494 e. The number of hydrogen-bond donors (Lipinski definition) is 1. The Labute approximate surface area is 185 Å². The lowest BCUT2D eigenvalue weighted by atomic mass is 10.1. The summed E-state index contributed by atoms with van der Waals surface area (Å²) in [6, 6.07) is 16.6. The number of anilines is 2. The lowest BCUT2D eigenvalue weighted by molar-refractivity contribution is -0.122. The summed E-state index contributed by atoms with van der Waals surface area (Å²) in [5.41, 5.74) is 1.74. The fourth-order valence-corrected chi connectivity index (χ4v) is 3.84. The van der Waals surface area contributed by atoms with Crippen LogP contribution in [-0.4, -0.2) is 34.7 Å². The maximum absolute atomic E-state index is 12.9. The van der Waals surface area contributed by atoms with Gasteiger partial charge in [0, 0.05) is 29.7 Å². The summed E-state index contributed by atoms with van der Waals surface area (Å²) in [6.45, 7) is 3.31. The van der Waals surface area contributed by atoms with Crippen LogP contribution >= 0.6 is 11.6 Å². The number of nitrogens with zero attached hydrogens (tertiary/aromatic N) is 3. The molecule has 2 heterocycles. The van der Waals surface area contributed by atoms with E-state index in [1.807, 2.05) is 55.5 Å². The number of amides is 2. The molecule has 160 valence electrons. The summed E-state index contributed by atoms with van der Waals surface area (Å²) in [6.07, 6.45) is 1.80. The lowest BCUT2D eigenvalue weighted by Crippen LogP contribution is -2.28. The summed E-state index contributed by atoms with van der Waals surface area (Å²) >= 11 is 6.05. The standard InChI is InChI=1S/C23H23ClN4O3/c1-2-31-20-8-6-19(7-9-20)27-15-17(13-22(27)29)23(30)26-21-10-11-25-28(21)14-16-4-3-5-18(24)12-16/h3-12,17H,2,13-15H2,1H3,(H,26,30). The van der Waals surface area contributed by atoms with Crippen molar-refractivity contribution >= 4 is 34.9 Å². The number of nitrogens with one attached hydrogen (secondary N) is 1. The number of rotatable bonds is 7. The summed E-state index contributed by atoms with van der Waals surface area (Å²) in [4.78, 5) is 27.0. The number of hydrogen-bond acceptors (Lipinski definition) is 4. The van der Waals surface area contributed by atoms with E-state index in [1.165, 1.54) is 0 Å². The Morgan fingerprint density at radius 3 is 2.77 bits per heavy atom. The third kappa shape index (κ3) is 4.88. The first kappa shape index (κ1) is 20.9. The maximum atomic E-state index is 12.9. The second-order valence-corrected chi connectivity index (χ2v) is 7.76. The molecule has 7 nitrogen and oxygen atoms in total. The fraction of sp³-hybridized carbons (Fsp3) is 0.261. The Bertz CT molecular complexity index is 1080. The molecule has 0 spiro atoms. The highest BCUT2D eigenvalue weighted by Crippen LogP contribution is 2.28. The quantitative estimate of drug-likeness (QED) is 0.605. The molecular formula is C23H23ClN4O3. The van der Waals surface area contributed by atoms with Crippen LogP contribution in [0.3, 0.4) is 0 Å². The Balaban J connectivity index is 1.41. The first-order valence-electron chi connectivity index (χ1n) is 10.1. The lowest BCUT2D eigenvalue weighted by Gasteiger charge is -2.17. The number of halogens is 1. The van der Waals surface area contributed by atoms with E-state index in [4.69, 9.17) is 16.3 Å². The molecule has 8 heteroatoms. The molecule has 2 aromatic carbocycles. The van der Waals surface area contributed by atoms with Crippen LogP contribution in [0.1, 0.15) is 18.9 Å². The minimum absolute atomic E-state index is 0.0725. The van der Waals surface area contributed by atoms with E-state index in [1.54, 1.807) is 21.8 Å². The predicted octanol–water partition coefficient (Wildman–Crippen LogP) is 3.98. The van der Waals surface area contributed by atoms with Crippen LogP contribution < -0.4 is 15.0 Å². The highest BCUT2D eigenvalue weighted by Gasteiger charge is 2.35. The van der Waals surface area contributed by atoms with Crippen molar-refractivity contribution < 1.29 is 14.3 Å². The van der Waals surface area contributed by atoms with E-state index in [0.717, 1.165) is 17.0 Å². The molecule has 0 saturated carbocycles. The van der Waals surface area contributed by atoms with Crippen LogP contribution in [-0.2, 0) is 16.1 Å². The van der Waals surface area contributed by atoms with E-state index >= 15 is 0 Å². The molecule has 1 saturated heterocycles. The highest BCUT2D eigenvalue weighted by atomic mass is 35.5. The van der Waals surface area contributed by atoms with Gasteiger partial charge < -0.3 is 15.0 Å². The van der Waals surface area contributed by atoms with Gasteiger partial charge in [-0.2, -0.15) is 5.10 Å². The van der Waals surface area contributed by atoms with Crippen molar-refractivity contribution in [1.82, 2.24) is 9.78 Å². The molecule has 1 atom stereocenters. The summed E-state index contributed by atoms with van der Waals surface area (Å²) in [7, 11) is 0. The minimum atomic E-state index is -0.436. The van der Waals surface area contributed by atoms with Crippen LogP contribution in [0.4, 0.5) is 11.5 Å². The number of aromatic nitrogens is 2. The molecule has 0 bridgehead atoms. The van der Waals surface area contributed by atoms with Gasteiger partial charge in [-0.05, 0) is 48.9 Å². The van der Waals surface area contributed by atoms with Crippen molar-refractivity contribution in [2.45, 2.75) is 19.9 Å². The molecule has 4 rings (SSSR count). The monoisotopic (exact) mass is 438 g/mol. The zero-order chi connectivity index (χ0) is 21.8. The highest BCUT2D eigenvalue weighted by molar-refractivity contribution is 6.30. The first-order chi connectivity index (χ1) is 15.0. The second kappa shape index (κ2) is 9.22. The van der Waals surface area contributed by atoms with Crippen LogP contribution in [0.2, 0.25) is 5.02 Å². The van der Waals surface area contributed by atoms with Gasteiger partial charge >= 0.3 is 0 Å². The second-order valence-electron chi connectivity index (χ2n) is 7.33. The topological polar surface area (TPSA) is 76.5 Å². The van der Waals surface area contributed by atoms with E-state index in [-0.39, 0.29) is 18.2 Å². The molecule has 1 aromatic heterocycles. The third-order valence-electron chi connectivity index (χ3n) is 5.14. The molecule has 1 aliphatic heterocycles. The summed E-state index contributed by atoms with van der Waals surface area (Å²) in [5.74, 6) is 0.622. The van der Waals surface area contributed by atoms with Gasteiger partial charge in [-0.1, -0.05) is 23.7 Å². The van der Waals surface area contributed by atoms with Crippen molar-refractivity contribution in [2.24, 2.45) is 5.92 Å². The number of carbonyl (C=O) groups is 2. The summed E-state index contributed by atoms with van der Waals surface area (Å²) < 4.78 is 7.14. The Hall–Kier alpha value is -3.32. The molecule has 0 aliphatic carbocycles. The van der Waals surface area contributed by atoms with Crippen LogP contribution in [0.25, 0.3) is 0 Å². The Morgan fingerprint density at radius 1 is 1.23 bits per heavy atom. The van der Waals surface area contributed by atoms with Gasteiger partial charge in [-0.25, -0.2) is 4.68 Å². The molecule has 1 aliphatic rings. The van der Waals surface area contributed by atoms with Crippen molar-refractivity contribution in [1.29, 1.82) is 0 Å². The zero-order valence-electron chi connectivity index (χ0n) is 17.1. The smallest absolute Gasteiger partial charge is 0.230 e. The van der Waals surface area contributed by atoms with Crippen molar-refractivity contribution in [3.63, 3.8) is 0 Å². The molecule has 2 amide bonds.